The van der Waals surface area contributed by atoms with Gasteiger partial charge in [0.15, 0.2) is 0 Å². The van der Waals surface area contributed by atoms with Crippen LogP contribution in [-0.2, 0) is 6.54 Å². The van der Waals surface area contributed by atoms with Crippen LogP contribution in [0, 0.1) is 6.92 Å². The lowest BCUT2D eigenvalue weighted by atomic mass is 10.1. The van der Waals surface area contributed by atoms with E-state index < -0.39 is 5.91 Å². The molecule has 0 aliphatic carbocycles. The van der Waals surface area contributed by atoms with Crippen molar-refractivity contribution in [3.63, 3.8) is 0 Å². The molecule has 1 heterocycles. The molecule has 0 unspecified atom stereocenters. The Labute approximate surface area is 114 Å². The number of hydrogen-bond donors (Lipinski definition) is 2. The second kappa shape index (κ2) is 5.62. The summed E-state index contributed by atoms with van der Waals surface area (Å²) >= 11 is 1.31. The molecule has 0 fully saturated rings. The summed E-state index contributed by atoms with van der Waals surface area (Å²) in [5, 5.41) is 2.81. The number of nitrogens with two attached hydrogens (primary N) is 1. The second-order valence-electron chi connectivity index (χ2n) is 4.01. The van der Waals surface area contributed by atoms with Gasteiger partial charge in [0.1, 0.15) is 4.88 Å². The molecule has 19 heavy (non-hydrogen) atoms. The number of nitrogens with zero attached hydrogens (tertiary/aromatic N) is 1. The van der Waals surface area contributed by atoms with Crippen LogP contribution in [0.2, 0.25) is 0 Å². The maximum Gasteiger partial charge on any atom is 0.263 e. The zero-order valence-corrected chi connectivity index (χ0v) is 11.2. The van der Waals surface area contributed by atoms with Crippen LogP contribution in [0.3, 0.4) is 0 Å². The molecule has 6 heteroatoms. The van der Waals surface area contributed by atoms with Gasteiger partial charge in [-0.05, 0) is 24.6 Å². The fraction of sp³-hybridized carbons (Fsp3) is 0.154. The summed E-state index contributed by atoms with van der Waals surface area (Å²) in [6.45, 7) is 2.20. The lowest BCUT2D eigenvalue weighted by molar-refractivity contribution is 0.0952. The first-order valence-electron chi connectivity index (χ1n) is 5.65. The van der Waals surface area contributed by atoms with E-state index in [1.54, 1.807) is 36.7 Å². The number of aryl methyl sites for hydroxylation is 1. The highest BCUT2D eigenvalue weighted by molar-refractivity contribution is 7.11. The smallest absolute Gasteiger partial charge is 0.263 e. The Morgan fingerprint density at radius 1 is 1.32 bits per heavy atom. The van der Waals surface area contributed by atoms with Gasteiger partial charge in [-0.25, -0.2) is 4.98 Å². The molecule has 0 atom stereocenters. The Morgan fingerprint density at radius 3 is 2.53 bits per heavy atom. The predicted octanol–water partition coefficient (Wildman–Crippen LogP) is 1.48. The van der Waals surface area contributed by atoms with Crippen molar-refractivity contribution in [1.29, 1.82) is 0 Å². The molecule has 0 bridgehead atoms. The SMILES string of the molecule is Cc1ncsc1C(=O)NCc1ccc(C(N)=O)cc1. The number of primary amides is 1. The van der Waals surface area contributed by atoms with Crippen LogP contribution in [0.1, 0.15) is 31.3 Å². The minimum atomic E-state index is -0.462. The van der Waals surface area contributed by atoms with Crippen LogP contribution in [-0.4, -0.2) is 16.8 Å². The summed E-state index contributed by atoms with van der Waals surface area (Å²) in [5.74, 6) is -0.602. The molecular weight excluding hydrogens is 262 g/mol. The summed E-state index contributed by atoms with van der Waals surface area (Å²) in [7, 11) is 0. The minimum absolute atomic E-state index is 0.140. The largest absolute Gasteiger partial charge is 0.366 e. The lowest BCUT2D eigenvalue weighted by Gasteiger charge is -2.05. The molecule has 3 N–H and O–H groups in total. The minimum Gasteiger partial charge on any atom is -0.366 e. The van der Waals surface area contributed by atoms with Gasteiger partial charge in [-0.2, -0.15) is 0 Å². The van der Waals surface area contributed by atoms with E-state index in [4.69, 9.17) is 5.73 Å². The van der Waals surface area contributed by atoms with Gasteiger partial charge in [-0.3, -0.25) is 9.59 Å². The molecule has 1 aromatic heterocycles. The topological polar surface area (TPSA) is 85.1 Å². The molecule has 98 valence electrons. The molecule has 2 rings (SSSR count). The van der Waals surface area contributed by atoms with Gasteiger partial charge in [0.25, 0.3) is 5.91 Å². The highest BCUT2D eigenvalue weighted by Crippen LogP contribution is 2.12. The Hall–Kier alpha value is -2.21. The molecule has 1 aromatic carbocycles. The summed E-state index contributed by atoms with van der Waals surface area (Å²) < 4.78 is 0. The molecule has 0 radical (unpaired) electrons. The summed E-state index contributed by atoms with van der Waals surface area (Å²) in [4.78, 5) is 27.4. The van der Waals surface area contributed by atoms with Crippen molar-refractivity contribution in [1.82, 2.24) is 10.3 Å². The van der Waals surface area contributed by atoms with E-state index in [1.807, 2.05) is 0 Å². The maximum atomic E-state index is 11.9. The third-order valence-electron chi connectivity index (χ3n) is 2.64. The van der Waals surface area contributed by atoms with Crippen molar-refractivity contribution in [2.24, 2.45) is 5.73 Å². The predicted molar refractivity (Wildman–Crippen MR) is 73.0 cm³/mol. The highest BCUT2D eigenvalue weighted by atomic mass is 32.1. The fourth-order valence-corrected chi connectivity index (χ4v) is 2.29. The Morgan fingerprint density at radius 2 is 2.00 bits per heavy atom. The summed E-state index contributed by atoms with van der Waals surface area (Å²) in [6, 6.07) is 6.81. The molecule has 0 saturated heterocycles. The number of carbonyl (C=O) groups excluding carboxylic acids is 2. The molecule has 0 saturated carbocycles. The van der Waals surface area contributed by atoms with Gasteiger partial charge < -0.3 is 11.1 Å². The van der Waals surface area contributed by atoms with Crippen LogP contribution in [0.4, 0.5) is 0 Å². The number of aromatic nitrogens is 1. The first kappa shape index (κ1) is 13.2. The van der Waals surface area contributed by atoms with Gasteiger partial charge in [0.2, 0.25) is 5.91 Å². The van der Waals surface area contributed by atoms with Crippen molar-refractivity contribution in [2.45, 2.75) is 13.5 Å². The summed E-state index contributed by atoms with van der Waals surface area (Å²) in [5.41, 5.74) is 8.88. The summed E-state index contributed by atoms with van der Waals surface area (Å²) in [6.07, 6.45) is 0. The Bertz CT molecular complexity index is 605. The third-order valence-corrected chi connectivity index (χ3v) is 3.57. The van der Waals surface area contributed by atoms with Gasteiger partial charge in [0, 0.05) is 12.1 Å². The first-order chi connectivity index (χ1) is 9.08. The van der Waals surface area contributed by atoms with Crippen LogP contribution < -0.4 is 11.1 Å². The van der Waals surface area contributed by atoms with E-state index >= 15 is 0 Å². The van der Waals surface area contributed by atoms with E-state index in [2.05, 4.69) is 10.3 Å². The monoisotopic (exact) mass is 275 g/mol. The van der Waals surface area contributed by atoms with E-state index in [0.717, 1.165) is 11.3 Å². The van der Waals surface area contributed by atoms with Crippen LogP contribution in [0.5, 0.6) is 0 Å². The maximum absolute atomic E-state index is 11.9. The van der Waals surface area contributed by atoms with Crippen molar-refractivity contribution in [3.05, 3.63) is 51.5 Å². The third kappa shape index (κ3) is 3.17. The number of carbonyl (C=O) groups is 2. The Kier molecular flexibility index (Phi) is 3.91. The molecule has 2 aromatic rings. The van der Waals surface area contributed by atoms with Crippen LogP contribution >= 0.6 is 11.3 Å². The van der Waals surface area contributed by atoms with E-state index in [9.17, 15) is 9.59 Å². The van der Waals surface area contributed by atoms with Crippen molar-refractivity contribution in [2.75, 3.05) is 0 Å². The number of hydrogen-bond acceptors (Lipinski definition) is 4. The van der Waals surface area contributed by atoms with Gasteiger partial charge in [-0.15, -0.1) is 11.3 Å². The zero-order valence-electron chi connectivity index (χ0n) is 10.3. The molecule has 0 spiro atoms. The first-order valence-corrected chi connectivity index (χ1v) is 6.53. The highest BCUT2D eigenvalue weighted by Gasteiger charge is 2.11. The number of amides is 2. The van der Waals surface area contributed by atoms with Gasteiger partial charge >= 0.3 is 0 Å². The fourth-order valence-electron chi connectivity index (χ4n) is 1.57. The van der Waals surface area contributed by atoms with Gasteiger partial charge in [0.05, 0.1) is 11.2 Å². The quantitative estimate of drug-likeness (QED) is 0.886. The number of benzene rings is 1. The normalized spacial score (nSPS) is 10.2. The average Bonchev–Trinajstić information content (AvgIpc) is 2.83. The average molecular weight is 275 g/mol. The van der Waals surface area contributed by atoms with Crippen molar-refractivity contribution in [3.8, 4) is 0 Å². The molecule has 5 nitrogen and oxygen atoms in total. The molecular formula is C13H13N3O2S. The van der Waals surface area contributed by atoms with Crippen LogP contribution in [0.15, 0.2) is 29.8 Å². The van der Waals surface area contributed by atoms with Crippen molar-refractivity contribution < 1.29 is 9.59 Å². The van der Waals surface area contributed by atoms with E-state index in [1.165, 1.54) is 11.3 Å². The standard InChI is InChI=1S/C13H13N3O2S/c1-8-11(19-7-16-8)13(18)15-6-9-2-4-10(5-3-9)12(14)17/h2-5,7H,6H2,1H3,(H2,14,17)(H,15,18). The second-order valence-corrected chi connectivity index (χ2v) is 4.87. The number of nitrogens with one attached hydrogen (secondary N) is 1. The molecule has 0 aliphatic rings. The Balaban J connectivity index is 1.97. The molecule has 0 aliphatic heterocycles. The van der Waals surface area contributed by atoms with E-state index in [-0.39, 0.29) is 5.91 Å². The van der Waals surface area contributed by atoms with Crippen LogP contribution in [0.25, 0.3) is 0 Å². The lowest BCUT2D eigenvalue weighted by Crippen LogP contribution is -2.22. The zero-order chi connectivity index (χ0) is 13.8. The number of rotatable bonds is 4. The van der Waals surface area contributed by atoms with Gasteiger partial charge in [-0.1, -0.05) is 12.1 Å². The number of thiazole rings is 1. The van der Waals surface area contributed by atoms with Crippen molar-refractivity contribution >= 4 is 23.2 Å². The molecule has 2 amide bonds. The van der Waals surface area contributed by atoms with E-state index in [0.29, 0.717) is 17.0 Å².